The van der Waals surface area contributed by atoms with Crippen LogP contribution >= 0.6 is 11.6 Å². The van der Waals surface area contributed by atoms with Crippen molar-refractivity contribution in [1.29, 1.82) is 0 Å². The molecule has 0 bridgehead atoms. The molecule has 3 rings (SSSR count). The van der Waals surface area contributed by atoms with Gasteiger partial charge in [-0.1, -0.05) is 17.7 Å². The summed E-state index contributed by atoms with van der Waals surface area (Å²) < 4.78 is 0. The summed E-state index contributed by atoms with van der Waals surface area (Å²) in [7, 11) is 1.85. The highest BCUT2D eigenvalue weighted by atomic mass is 35.5. The monoisotopic (exact) mass is 334 g/mol. The van der Waals surface area contributed by atoms with Crippen LogP contribution in [-0.4, -0.2) is 39.2 Å². The molecule has 4 nitrogen and oxygen atoms in total. The summed E-state index contributed by atoms with van der Waals surface area (Å²) in [4.78, 5) is 6.77. The van der Waals surface area contributed by atoms with Gasteiger partial charge in [0.25, 0.3) is 0 Å². The second-order valence-electron chi connectivity index (χ2n) is 6.81. The lowest BCUT2D eigenvalue weighted by Crippen LogP contribution is -2.41. The van der Waals surface area contributed by atoms with Crippen LogP contribution in [0.25, 0.3) is 0 Å². The Morgan fingerprint density at radius 1 is 1.22 bits per heavy atom. The molecule has 0 radical (unpaired) electrons. The largest absolute Gasteiger partial charge is 0.371 e. The van der Waals surface area contributed by atoms with E-state index in [0.29, 0.717) is 5.92 Å². The van der Waals surface area contributed by atoms with E-state index in [1.807, 2.05) is 13.1 Å². The topological polar surface area (TPSA) is 39.7 Å². The number of anilines is 1. The summed E-state index contributed by atoms with van der Waals surface area (Å²) in [5.74, 6) is 2.45. The smallest absolute Gasteiger partial charge is 0.190 e. The van der Waals surface area contributed by atoms with E-state index in [0.717, 1.165) is 43.1 Å². The molecule has 1 aliphatic carbocycles. The Morgan fingerprint density at radius 2 is 1.96 bits per heavy atom. The standard InChI is InChI=1S/C18H27ClN4/c1-13-3-6-16(19)9-17(13)23-8-7-15(12-23)11-22-18(20-2)21-10-14-4-5-14/h3,6,9,14-15H,4-5,7-8,10-12H2,1-2H3,(H2,20,21,22). The van der Waals surface area contributed by atoms with Crippen molar-refractivity contribution in [2.45, 2.75) is 26.2 Å². The molecule has 1 saturated carbocycles. The van der Waals surface area contributed by atoms with E-state index in [1.54, 1.807) is 0 Å². The van der Waals surface area contributed by atoms with Crippen molar-refractivity contribution in [2.24, 2.45) is 16.8 Å². The first kappa shape index (κ1) is 16.4. The molecule has 23 heavy (non-hydrogen) atoms. The number of halogens is 1. The lowest BCUT2D eigenvalue weighted by atomic mass is 10.1. The maximum Gasteiger partial charge on any atom is 0.190 e. The lowest BCUT2D eigenvalue weighted by Gasteiger charge is -2.21. The first-order chi connectivity index (χ1) is 11.2. The second kappa shape index (κ2) is 7.43. The van der Waals surface area contributed by atoms with Crippen LogP contribution in [0.15, 0.2) is 23.2 Å². The van der Waals surface area contributed by atoms with Crippen LogP contribution in [0.3, 0.4) is 0 Å². The molecule has 0 spiro atoms. The Hall–Kier alpha value is -1.42. The molecular weight excluding hydrogens is 308 g/mol. The van der Waals surface area contributed by atoms with E-state index < -0.39 is 0 Å². The predicted octanol–water partition coefficient (Wildman–Crippen LogP) is 3.05. The van der Waals surface area contributed by atoms with Crippen LogP contribution in [0, 0.1) is 18.8 Å². The van der Waals surface area contributed by atoms with Crippen molar-refractivity contribution in [3.05, 3.63) is 28.8 Å². The molecule has 2 aliphatic rings. The molecule has 1 aromatic rings. The van der Waals surface area contributed by atoms with Crippen LogP contribution in [0.1, 0.15) is 24.8 Å². The van der Waals surface area contributed by atoms with E-state index in [-0.39, 0.29) is 0 Å². The third kappa shape index (κ3) is 4.54. The third-order valence-corrected chi connectivity index (χ3v) is 5.07. The molecule has 1 heterocycles. The first-order valence-corrected chi connectivity index (χ1v) is 8.99. The van der Waals surface area contributed by atoms with Crippen molar-refractivity contribution >= 4 is 23.2 Å². The summed E-state index contributed by atoms with van der Waals surface area (Å²) >= 11 is 6.16. The number of rotatable bonds is 5. The number of nitrogens with one attached hydrogen (secondary N) is 2. The highest BCUT2D eigenvalue weighted by Gasteiger charge is 2.24. The van der Waals surface area contributed by atoms with Gasteiger partial charge in [-0.25, -0.2) is 0 Å². The average Bonchev–Trinajstić information content (AvgIpc) is 3.26. The molecule has 2 N–H and O–H groups in total. The maximum absolute atomic E-state index is 6.16. The Balaban J connectivity index is 1.48. The van der Waals surface area contributed by atoms with Gasteiger partial charge in [0, 0.05) is 43.9 Å². The van der Waals surface area contributed by atoms with Crippen LogP contribution in [0.2, 0.25) is 5.02 Å². The number of hydrogen-bond acceptors (Lipinski definition) is 2. The van der Waals surface area contributed by atoms with Crippen molar-refractivity contribution in [1.82, 2.24) is 10.6 Å². The van der Waals surface area contributed by atoms with E-state index >= 15 is 0 Å². The van der Waals surface area contributed by atoms with Gasteiger partial charge >= 0.3 is 0 Å². The van der Waals surface area contributed by atoms with Gasteiger partial charge in [0.15, 0.2) is 5.96 Å². The van der Waals surface area contributed by atoms with Gasteiger partial charge in [0.05, 0.1) is 0 Å². The molecule has 0 aromatic heterocycles. The molecular formula is C18H27ClN4. The molecule has 5 heteroatoms. The maximum atomic E-state index is 6.16. The highest BCUT2D eigenvalue weighted by Crippen LogP contribution is 2.29. The number of nitrogens with zero attached hydrogens (tertiary/aromatic N) is 2. The fraction of sp³-hybridized carbons (Fsp3) is 0.611. The zero-order chi connectivity index (χ0) is 16.2. The van der Waals surface area contributed by atoms with E-state index in [2.05, 4.69) is 39.6 Å². The van der Waals surface area contributed by atoms with Crippen molar-refractivity contribution < 1.29 is 0 Å². The van der Waals surface area contributed by atoms with Crippen molar-refractivity contribution in [2.75, 3.05) is 38.1 Å². The van der Waals surface area contributed by atoms with Gasteiger partial charge in [0.1, 0.15) is 0 Å². The number of benzene rings is 1. The van der Waals surface area contributed by atoms with Crippen molar-refractivity contribution in [3.63, 3.8) is 0 Å². The fourth-order valence-corrected chi connectivity index (χ4v) is 3.33. The van der Waals surface area contributed by atoms with Crippen LogP contribution in [-0.2, 0) is 0 Å². The molecule has 1 atom stereocenters. The Kier molecular flexibility index (Phi) is 5.31. The molecule has 2 fully saturated rings. The zero-order valence-corrected chi connectivity index (χ0v) is 14.9. The number of aryl methyl sites for hydroxylation is 1. The van der Waals surface area contributed by atoms with Gasteiger partial charge < -0.3 is 15.5 Å². The van der Waals surface area contributed by atoms with Crippen LogP contribution in [0.4, 0.5) is 5.69 Å². The van der Waals surface area contributed by atoms with Gasteiger partial charge in [-0.2, -0.15) is 0 Å². The fourth-order valence-electron chi connectivity index (χ4n) is 3.17. The Morgan fingerprint density at radius 3 is 2.65 bits per heavy atom. The normalized spacial score (nSPS) is 21.6. The zero-order valence-electron chi connectivity index (χ0n) is 14.1. The number of hydrogen-bond donors (Lipinski definition) is 2. The minimum absolute atomic E-state index is 0.646. The molecule has 1 aromatic carbocycles. The summed E-state index contributed by atoms with van der Waals surface area (Å²) in [6.07, 6.45) is 3.93. The Bertz CT molecular complexity index is 568. The minimum atomic E-state index is 0.646. The number of guanidine groups is 1. The van der Waals surface area contributed by atoms with Gasteiger partial charge in [-0.3, -0.25) is 4.99 Å². The molecule has 126 valence electrons. The van der Waals surface area contributed by atoms with Gasteiger partial charge in [-0.05, 0) is 55.7 Å². The summed E-state index contributed by atoms with van der Waals surface area (Å²) in [5.41, 5.74) is 2.57. The van der Waals surface area contributed by atoms with Crippen LogP contribution < -0.4 is 15.5 Å². The van der Waals surface area contributed by atoms with Crippen LogP contribution in [0.5, 0.6) is 0 Å². The van der Waals surface area contributed by atoms with Gasteiger partial charge in [0.2, 0.25) is 0 Å². The minimum Gasteiger partial charge on any atom is -0.371 e. The Labute approximate surface area is 144 Å². The highest BCUT2D eigenvalue weighted by molar-refractivity contribution is 6.30. The van der Waals surface area contributed by atoms with E-state index in [9.17, 15) is 0 Å². The summed E-state index contributed by atoms with van der Waals surface area (Å²) in [6, 6.07) is 6.15. The van der Waals surface area contributed by atoms with Gasteiger partial charge in [-0.15, -0.1) is 0 Å². The first-order valence-electron chi connectivity index (χ1n) is 8.61. The SMILES string of the molecule is CN=C(NCC1CC1)NCC1CCN(c2cc(Cl)ccc2C)C1. The summed E-state index contributed by atoms with van der Waals surface area (Å²) in [6.45, 7) is 6.36. The second-order valence-corrected chi connectivity index (χ2v) is 7.25. The summed E-state index contributed by atoms with van der Waals surface area (Å²) in [5, 5.41) is 7.72. The third-order valence-electron chi connectivity index (χ3n) is 4.83. The van der Waals surface area contributed by atoms with E-state index in [1.165, 1.54) is 30.5 Å². The number of aliphatic imine (C=N–C) groups is 1. The average molecular weight is 335 g/mol. The lowest BCUT2D eigenvalue weighted by molar-refractivity contribution is 0.564. The molecule has 1 unspecified atom stereocenters. The van der Waals surface area contributed by atoms with E-state index in [4.69, 9.17) is 11.6 Å². The quantitative estimate of drug-likeness (QED) is 0.642. The molecule has 1 aliphatic heterocycles. The molecule has 1 saturated heterocycles. The molecule has 0 amide bonds. The predicted molar refractivity (Wildman–Crippen MR) is 98.6 cm³/mol. The van der Waals surface area contributed by atoms with Crippen molar-refractivity contribution in [3.8, 4) is 0 Å².